The number of aliphatic hydroxyl groups is 1. The summed E-state index contributed by atoms with van der Waals surface area (Å²) >= 11 is 0. The Morgan fingerprint density at radius 3 is 2.88 bits per heavy atom. The number of nitrogens with zero attached hydrogens (tertiary/aromatic N) is 6. The largest absolute Gasteiger partial charge is 0.388 e. The zero-order valence-corrected chi connectivity index (χ0v) is 15.0. The molecule has 0 radical (unpaired) electrons. The first-order chi connectivity index (χ1) is 12.1. The number of aryl methyl sites for hydroxylation is 1. The van der Waals surface area contributed by atoms with Crippen LogP contribution in [-0.2, 0) is 20.0 Å². The summed E-state index contributed by atoms with van der Waals surface area (Å²) in [6.45, 7) is 2.56. The molecule has 1 N–H and O–H groups in total. The van der Waals surface area contributed by atoms with Gasteiger partial charge in [0.15, 0.2) is 0 Å². The van der Waals surface area contributed by atoms with Crippen molar-refractivity contribution in [2.45, 2.75) is 63.1 Å². The molecule has 1 atom stereocenters. The van der Waals surface area contributed by atoms with Crippen LogP contribution in [0.15, 0.2) is 18.6 Å². The van der Waals surface area contributed by atoms with Gasteiger partial charge in [0, 0.05) is 32.8 Å². The molecule has 1 saturated carbocycles. The monoisotopic (exact) mass is 344 g/mol. The van der Waals surface area contributed by atoms with Crippen LogP contribution in [0.3, 0.4) is 0 Å². The molecule has 0 amide bonds. The topological polar surface area (TPSA) is 72.0 Å². The second kappa shape index (κ2) is 6.88. The van der Waals surface area contributed by atoms with Crippen LogP contribution >= 0.6 is 0 Å². The highest BCUT2D eigenvalue weighted by atomic mass is 16.3. The highest BCUT2D eigenvalue weighted by Crippen LogP contribution is 2.31. The van der Waals surface area contributed by atoms with Crippen molar-refractivity contribution >= 4 is 0 Å². The van der Waals surface area contributed by atoms with E-state index < -0.39 is 5.60 Å². The molecular formula is C18H28N6O. The van der Waals surface area contributed by atoms with Crippen LogP contribution in [0.5, 0.6) is 0 Å². The zero-order valence-electron chi connectivity index (χ0n) is 15.0. The normalized spacial score (nSPS) is 25.7. The zero-order chi connectivity index (χ0) is 17.3. The number of β-amino-alcohol motifs (C(OH)–C–C–N with tert-alkyl or cyclic N) is 1. The quantitative estimate of drug-likeness (QED) is 0.894. The van der Waals surface area contributed by atoms with Gasteiger partial charge in [-0.2, -0.15) is 5.10 Å². The SMILES string of the molecule is Cn1cnnc1CC1(O)CCCN(Cc2ccnn2C2CCCC2)C1. The molecule has 1 unspecified atom stereocenters. The van der Waals surface area contributed by atoms with Gasteiger partial charge in [-0.25, -0.2) is 0 Å². The van der Waals surface area contributed by atoms with E-state index in [9.17, 15) is 5.11 Å². The van der Waals surface area contributed by atoms with E-state index in [4.69, 9.17) is 0 Å². The molecule has 1 saturated heterocycles. The van der Waals surface area contributed by atoms with Crippen LogP contribution in [0, 0.1) is 0 Å². The Bertz CT molecular complexity index is 704. The maximum absolute atomic E-state index is 11.1. The van der Waals surface area contributed by atoms with Crippen molar-refractivity contribution in [1.82, 2.24) is 29.4 Å². The van der Waals surface area contributed by atoms with E-state index in [1.54, 1.807) is 6.33 Å². The van der Waals surface area contributed by atoms with E-state index in [-0.39, 0.29) is 0 Å². The highest BCUT2D eigenvalue weighted by Gasteiger charge is 2.35. The van der Waals surface area contributed by atoms with Crippen LogP contribution < -0.4 is 0 Å². The lowest BCUT2D eigenvalue weighted by Gasteiger charge is -2.39. The van der Waals surface area contributed by atoms with E-state index in [0.717, 1.165) is 31.8 Å². The Morgan fingerprint density at radius 2 is 2.12 bits per heavy atom. The van der Waals surface area contributed by atoms with Gasteiger partial charge in [0.25, 0.3) is 0 Å². The summed E-state index contributed by atoms with van der Waals surface area (Å²) in [4.78, 5) is 2.36. The van der Waals surface area contributed by atoms with Crippen LogP contribution in [0.25, 0.3) is 0 Å². The van der Waals surface area contributed by atoms with Gasteiger partial charge in [-0.05, 0) is 38.3 Å². The smallest absolute Gasteiger partial charge is 0.135 e. The molecule has 7 nitrogen and oxygen atoms in total. The lowest BCUT2D eigenvalue weighted by Crippen LogP contribution is -2.49. The highest BCUT2D eigenvalue weighted by molar-refractivity contribution is 5.05. The minimum atomic E-state index is -0.725. The lowest BCUT2D eigenvalue weighted by molar-refractivity contribution is -0.0351. The average Bonchev–Trinajstić information content (AvgIpc) is 3.30. The fourth-order valence-corrected chi connectivity index (χ4v) is 4.42. The summed E-state index contributed by atoms with van der Waals surface area (Å²) in [5.41, 5.74) is 0.548. The number of likely N-dealkylation sites (tertiary alicyclic amines) is 1. The minimum Gasteiger partial charge on any atom is -0.388 e. The Labute approximate surface area is 148 Å². The van der Waals surface area contributed by atoms with Gasteiger partial charge >= 0.3 is 0 Å². The summed E-state index contributed by atoms with van der Waals surface area (Å²) in [5, 5.41) is 23.8. The predicted molar refractivity (Wildman–Crippen MR) is 93.9 cm³/mol. The third-order valence-corrected chi connectivity index (χ3v) is 5.74. The Hall–Kier alpha value is -1.73. The van der Waals surface area contributed by atoms with Crippen molar-refractivity contribution in [3.05, 3.63) is 30.1 Å². The number of rotatable bonds is 5. The maximum Gasteiger partial charge on any atom is 0.135 e. The van der Waals surface area contributed by atoms with Gasteiger partial charge in [0.05, 0.1) is 17.3 Å². The average molecular weight is 344 g/mol. The van der Waals surface area contributed by atoms with Crippen molar-refractivity contribution < 1.29 is 5.11 Å². The van der Waals surface area contributed by atoms with E-state index >= 15 is 0 Å². The number of hydrogen-bond donors (Lipinski definition) is 1. The summed E-state index contributed by atoms with van der Waals surface area (Å²) in [7, 11) is 1.93. The lowest BCUT2D eigenvalue weighted by atomic mass is 9.89. The fraction of sp³-hybridized carbons (Fsp3) is 0.722. The molecule has 2 aromatic heterocycles. The minimum absolute atomic E-state index is 0.557. The molecule has 4 rings (SSSR count). The van der Waals surface area contributed by atoms with E-state index in [1.807, 2.05) is 17.8 Å². The van der Waals surface area contributed by atoms with E-state index in [2.05, 4.69) is 30.9 Å². The Balaban J connectivity index is 1.43. The molecule has 136 valence electrons. The van der Waals surface area contributed by atoms with E-state index in [0.29, 0.717) is 19.0 Å². The first kappa shape index (κ1) is 16.7. The molecule has 2 aliphatic rings. The van der Waals surface area contributed by atoms with Crippen molar-refractivity contribution in [2.75, 3.05) is 13.1 Å². The van der Waals surface area contributed by atoms with Gasteiger partial charge < -0.3 is 9.67 Å². The second-order valence-electron chi connectivity index (χ2n) is 7.78. The van der Waals surface area contributed by atoms with Crippen molar-refractivity contribution in [3.63, 3.8) is 0 Å². The molecule has 1 aliphatic heterocycles. The van der Waals surface area contributed by atoms with Crippen LogP contribution in [0.2, 0.25) is 0 Å². The maximum atomic E-state index is 11.1. The first-order valence-corrected chi connectivity index (χ1v) is 9.43. The molecular weight excluding hydrogens is 316 g/mol. The molecule has 25 heavy (non-hydrogen) atoms. The van der Waals surface area contributed by atoms with Gasteiger partial charge in [-0.15, -0.1) is 10.2 Å². The summed E-state index contributed by atoms with van der Waals surface area (Å²) in [6.07, 6.45) is 11.1. The van der Waals surface area contributed by atoms with Crippen LogP contribution in [0.1, 0.15) is 56.1 Å². The van der Waals surface area contributed by atoms with Crippen LogP contribution in [0.4, 0.5) is 0 Å². The molecule has 0 spiro atoms. The molecule has 0 bridgehead atoms. The van der Waals surface area contributed by atoms with E-state index in [1.165, 1.54) is 31.4 Å². The third-order valence-electron chi connectivity index (χ3n) is 5.74. The van der Waals surface area contributed by atoms with Crippen molar-refractivity contribution in [3.8, 4) is 0 Å². The fourth-order valence-electron chi connectivity index (χ4n) is 4.42. The summed E-state index contributed by atoms with van der Waals surface area (Å²) in [6, 6.07) is 2.70. The van der Waals surface area contributed by atoms with Gasteiger partial charge in [-0.1, -0.05) is 12.8 Å². The van der Waals surface area contributed by atoms with Gasteiger partial charge in [0.1, 0.15) is 12.2 Å². The molecule has 2 fully saturated rings. The number of piperidine rings is 1. The second-order valence-corrected chi connectivity index (χ2v) is 7.78. The van der Waals surface area contributed by atoms with Crippen LogP contribution in [-0.4, -0.2) is 53.2 Å². The number of hydrogen-bond acceptors (Lipinski definition) is 5. The van der Waals surface area contributed by atoms with Crippen molar-refractivity contribution in [2.24, 2.45) is 7.05 Å². The molecule has 7 heteroatoms. The summed E-state index contributed by atoms with van der Waals surface area (Å²) < 4.78 is 4.12. The van der Waals surface area contributed by atoms with Gasteiger partial charge in [0.2, 0.25) is 0 Å². The first-order valence-electron chi connectivity index (χ1n) is 9.43. The molecule has 3 heterocycles. The molecule has 1 aliphatic carbocycles. The molecule has 0 aromatic carbocycles. The van der Waals surface area contributed by atoms with Gasteiger partial charge in [-0.3, -0.25) is 9.58 Å². The summed E-state index contributed by atoms with van der Waals surface area (Å²) in [5.74, 6) is 0.848. The Kier molecular flexibility index (Phi) is 4.60. The Morgan fingerprint density at radius 1 is 1.28 bits per heavy atom. The number of aromatic nitrogens is 5. The standard InChI is InChI=1S/C18H28N6O/c1-22-14-19-21-17(22)11-18(25)8-4-10-23(13-18)12-16-7-9-20-24(16)15-5-2-3-6-15/h7,9,14-15,25H,2-6,8,10-13H2,1H3. The predicted octanol–water partition coefficient (Wildman–Crippen LogP) is 1.70. The van der Waals surface area contributed by atoms with Crippen molar-refractivity contribution in [1.29, 1.82) is 0 Å². The molecule has 2 aromatic rings. The third kappa shape index (κ3) is 3.62.